The van der Waals surface area contributed by atoms with Crippen LogP contribution in [0, 0.1) is 0 Å². The van der Waals surface area contributed by atoms with Crippen molar-refractivity contribution >= 4 is 5.97 Å². The van der Waals surface area contributed by atoms with Gasteiger partial charge < -0.3 is 9.72 Å². The minimum atomic E-state index is -0.328. The average molecular weight is 243 g/mol. The van der Waals surface area contributed by atoms with Crippen LogP contribution in [0.1, 0.15) is 17.3 Å². The van der Waals surface area contributed by atoms with Crippen molar-refractivity contribution in [1.82, 2.24) is 4.98 Å². The molecule has 4 nitrogen and oxygen atoms in total. The summed E-state index contributed by atoms with van der Waals surface area (Å²) in [5.41, 5.74) is 2.20. The summed E-state index contributed by atoms with van der Waals surface area (Å²) in [4.78, 5) is 25.0. The van der Waals surface area contributed by atoms with Crippen molar-refractivity contribution in [3.63, 3.8) is 0 Å². The number of ether oxygens (including phenoxy) is 1. The standard InChI is InChI=1S/C14H13NO3/c1-2-18-14(17)11-5-3-10(4-6-11)12-7-8-13(16)15-9-12/h3-9H,2H2,1H3,(H,15,16). The molecular weight excluding hydrogens is 230 g/mol. The molecule has 0 radical (unpaired) electrons. The molecule has 92 valence electrons. The molecule has 0 aliphatic rings. The number of esters is 1. The molecular formula is C14H13NO3. The molecule has 0 atom stereocenters. The van der Waals surface area contributed by atoms with Crippen LogP contribution in [0.25, 0.3) is 11.1 Å². The molecule has 1 N–H and O–H groups in total. The van der Waals surface area contributed by atoms with Crippen molar-refractivity contribution in [3.05, 3.63) is 58.5 Å². The second kappa shape index (κ2) is 5.31. The van der Waals surface area contributed by atoms with E-state index in [0.29, 0.717) is 12.2 Å². The third kappa shape index (κ3) is 2.66. The Kier molecular flexibility index (Phi) is 3.57. The topological polar surface area (TPSA) is 59.2 Å². The van der Waals surface area contributed by atoms with E-state index in [1.165, 1.54) is 6.07 Å². The normalized spacial score (nSPS) is 10.1. The van der Waals surface area contributed by atoms with Crippen LogP contribution in [-0.2, 0) is 4.74 Å². The largest absolute Gasteiger partial charge is 0.462 e. The third-order valence-corrected chi connectivity index (χ3v) is 2.51. The third-order valence-electron chi connectivity index (χ3n) is 2.51. The maximum atomic E-state index is 11.5. The highest BCUT2D eigenvalue weighted by molar-refractivity contribution is 5.90. The zero-order chi connectivity index (χ0) is 13.0. The second-order valence-corrected chi connectivity index (χ2v) is 3.74. The smallest absolute Gasteiger partial charge is 0.338 e. The number of carbonyl (C=O) groups is 1. The molecule has 0 fully saturated rings. The summed E-state index contributed by atoms with van der Waals surface area (Å²) in [5, 5.41) is 0. The van der Waals surface area contributed by atoms with Gasteiger partial charge in [-0.2, -0.15) is 0 Å². The van der Waals surface area contributed by atoms with E-state index in [2.05, 4.69) is 4.98 Å². The Bertz CT molecular complexity index is 579. The molecule has 1 heterocycles. The molecule has 1 aromatic heterocycles. The van der Waals surface area contributed by atoms with Gasteiger partial charge in [-0.3, -0.25) is 4.79 Å². The Morgan fingerprint density at radius 1 is 1.11 bits per heavy atom. The average Bonchev–Trinajstić information content (AvgIpc) is 2.40. The lowest BCUT2D eigenvalue weighted by atomic mass is 10.1. The predicted octanol–water partition coefficient (Wildman–Crippen LogP) is 2.22. The number of nitrogens with one attached hydrogen (secondary N) is 1. The van der Waals surface area contributed by atoms with Gasteiger partial charge in [-0.1, -0.05) is 12.1 Å². The fourth-order valence-corrected chi connectivity index (χ4v) is 1.60. The van der Waals surface area contributed by atoms with Gasteiger partial charge in [0, 0.05) is 12.3 Å². The molecule has 2 rings (SSSR count). The SMILES string of the molecule is CCOC(=O)c1ccc(-c2ccc(=O)[nH]c2)cc1. The molecule has 0 spiro atoms. The molecule has 0 unspecified atom stereocenters. The van der Waals surface area contributed by atoms with E-state index >= 15 is 0 Å². The Hall–Kier alpha value is -2.36. The molecule has 2 aromatic rings. The van der Waals surface area contributed by atoms with Crippen molar-refractivity contribution in [2.45, 2.75) is 6.92 Å². The number of aromatic amines is 1. The number of rotatable bonds is 3. The number of carbonyl (C=O) groups excluding carboxylic acids is 1. The quantitative estimate of drug-likeness (QED) is 0.841. The van der Waals surface area contributed by atoms with Crippen LogP contribution < -0.4 is 5.56 Å². The summed E-state index contributed by atoms with van der Waals surface area (Å²) >= 11 is 0. The Morgan fingerprint density at radius 2 is 1.78 bits per heavy atom. The summed E-state index contributed by atoms with van der Waals surface area (Å²) in [6.07, 6.45) is 1.64. The molecule has 4 heteroatoms. The van der Waals surface area contributed by atoms with Crippen LogP contribution in [0.2, 0.25) is 0 Å². The zero-order valence-corrected chi connectivity index (χ0v) is 9.97. The molecule has 0 saturated heterocycles. The highest BCUT2D eigenvalue weighted by Gasteiger charge is 2.06. The van der Waals surface area contributed by atoms with Crippen LogP contribution in [-0.4, -0.2) is 17.6 Å². The summed E-state index contributed by atoms with van der Waals surface area (Å²) in [6.45, 7) is 2.13. The van der Waals surface area contributed by atoms with Gasteiger partial charge in [0.2, 0.25) is 5.56 Å². The predicted molar refractivity (Wildman–Crippen MR) is 68.5 cm³/mol. The van der Waals surface area contributed by atoms with Gasteiger partial charge in [-0.15, -0.1) is 0 Å². The number of hydrogen-bond donors (Lipinski definition) is 1. The second-order valence-electron chi connectivity index (χ2n) is 3.74. The molecule has 0 aliphatic heterocycles. The first kappa shape index (κ1) is 12.1. The van der Waals surface area contributed by atoms with Gasteiger partial charge in [-0.05, 0) is 36.2 Å². The van der Waals surface area contributed by atoms with E-state index in [1.807, 2.05) is 12.1 Å². The first-order chi connectivity index (χ1) is 8.70. The lowest BCUT2D eigenvalue weighted by Gasteiger charge is -2.04. The zero-order valence-electron chi connectivity index (χ0n) is 9.97. The van der Waals surface area contributed by atoms with Gasteiger partial charge in [0.05, 0.1) is 12.2 Å². The first-order valence-corrected chi connectivity index (χ1v) is 5.67. The monoisotopic (exact) mass is 243 g/mol. The van der Waals surface area contributed by atoms with E-state index < -0.39 is 0 Å². The van der Waals surface area contributed by atoms with Gasteiger partial charge >= 0.3 is 5.97 Å². The lowest BCUT2D eigenvalue weighted by Crippen LogP contribution is -2.04. The number of H-pyrrole nitrogens is 1. The molecule has 0 saturated carbocycles. The van der Waals surface area contributed by atoms with E-state index in [4.69, 9.17) is 4.74 Å². The molecule has 18 heavy (non-hydrogen) atoms. The van der Waals surface area contributed by atoms with Crippen molar-refractivity contribution in [2.75, 3.05) is 6.61 Å². The molecule has 0 amide bonds. The van der Waals surface area contributed by atoms with E-state index in [9.17, 15) is 9.59 Å². The molecule has 0 aliphatic carbocycles. The number of pyridine rings is 1. The van der Waals surface area contributed by atoms with Gasteiger partial charge in [0.25, 0.3) is 0 Å². The number of benzene rings is 1. The highest BCUT2D eigenvalue weighted by Crippen LogP contribution is 2.18. The Labute approximate surface area is 104 Å². The van der Waals surface area contributed by atoms with Gasteiger partial charge in [0.1, 0.15) is 0 Å². The molecule has 0 bridgehead atoms. The van der Waals surface area contributed by atoms with Crippen LogP contribution >= 0.6 is 0 Å². The first-order valence-electron chi connectivity index (χ1n) is 5.67. The van der Waals surface area contributed by atoms with Crippen LogP contribution in [0.5, 0.6) is 0 Å². The Balaban J connectivity index is 2.24. The molecule has 1 aromatic carbocycles. The van der Waals surface area contributed by atoms with E-state index in [1.54, 1.807) is 31.3 Å². The van der Waals surface area contributed by atoms with E-state index in [-0.39, 0.29) is 11.5 Å². The maximum Gasteiger partial charge on any atom is 0.338 e. The summed E-state index contributed by atoms with van der Waals surface area (Å²) in [5.74, 6) is -0.328. The Morgan fingerprint density at radius 3 is 2.33 bits per heavy atom. The number of hydrogen-bond acceptors (Lipinski definition) is 3. The summed E-state index contributed by atoms with van der Waals surface area (Å²) < 4.78 is 4.90. The van der Waals surface area contributed by atoms with Crippen molar-refractivity contribution in [1.29, 1.82) is 0 Å². The van der Waals surface area contributed by atoms with Crippen LogP contribution in [0.15, 0.2) is 47.4 Å². The fraction of sp³-hybridized carbons (Fsp3) is 0.143. The number of aromatic nitrogens is 1. The van der Waals surface area contributed by atoms with Gasteiger partial charge in [-0.25, -0.2) is 4.79 Å². The minimum absolute atomic E-state index is 0.137. The summed E-state index contributed by atoms with van der Waals surface area (Å²) in [6, 6.07) is 10.3. The van der Waals surface area contributed by atoms with Crippen molar-refractivity contribution in [3.8, 4) is 11.1 Å². The van der Waals surface area contributed by atoms with Crippen LogP contribution in [0.3, 0.4) is 0 Å². The van der Waals surface area contributed by atoms with Crippen LogP contribution in [0.4, 0.5) is 0 Å². The van der Waals surface area contributed by atoms with Crippen molar-refractivity contribution < 1.29 is 9.53 Å². The fourth-order valence-electron chi connectivity index (χ4n) is 1.60. The van der Waals surface area contributed by atoms with E-state index in [0.717, 1.165) is 11.1 Å². The lowest BCUT2D eigenvalue weighted by molar-refractivity contribution is 0.0526. The summed E-state index contributed by atoms with van der Waals surface area (Å²) in [7, 11) is 0. The minimum Gasteiger partial charge on any atom is -0.462 e. The maximum absolute atomic E-state index is 11.5. The highest BCUT2D eigenvalue weighted by atomic mass is 16.5. The van der Waals surface area contributed by atoms with Crippen molar-refractivity contribution in [2.24, 2.45) is 0 Å². The van der Waals surface area contributed by atoms with Gasteiger partial charge in [0.15, 0.2) is 0 Å².